The van der Waals surface area contributed by atoms with Crippen molar-refractivity contribution in [1.29, 1.82) is 0 Å². The van der Waals surface area contributed by atoms with Gasteiger partial charge in [-0.25, -0.2) is 0 Å². The quantitative estimate of drug-likeness (QED) is 0.899. The highest BCUT2D eigenvalue weighted by Gasteiger charge is 2.17. The lowest BCUT2D eigenvalue weighted by atomic mass is 10.2. The number of methoxy groups -OCH3 is 1. The molecule has 0 aliphatic heterocycles. The molecule has 0 atom stereocenters. The maximum absolute atomic E-state index is 12.3. The minimum atomic E-state index is -0.286. The second kappa shape index (κ2) is 7.84. The van der Waals surface area contributed by atoms with E-state index < -0.39 is 0 Å². The number of nitrogens with one attached hydrogen (secondary N) is 1. The summed E-state index contributed by atoms with van der Waals surface area (Å²) >= 11 is 6.10. The fourth-order valence-corrected chi connectivity index (χ4v) is 2.51. The number of aryl methyl sites for hydroxylation is 1. The molecule has 126 valence electrons. The van der Waals surface area contributed by atoms with Crippen molar-refractivity contribution in [2.75, 3.05) is 23.9 Å². The van der Waals surface area contributed by atoms with E-state index in [9.17, 15) is 9.59 Å². The largest absolute Gasteiger partial charge is 0.495 e. The number of benzene rings is 2. The molecule has 0 bridgehead atoms. The highest BCUT2D eigenvalue weighted by Crippen LogP contribution is 2.29. The van der Waals surface area contributed by atoms with Gasteiger partial charge in [-0.2, -0.15) is 0 Å². The number of carbonyl (C=O) groups excluding carboxylic acids is 2. The highest BCUT2D eigenvalue weighted by molar-refractivity contribution is 6.32. The van der Waals surface area contributed by atoms with Gasteiger partial charge in [-0.05, 0) is 36.8 Å². The maximum atomic E-state index is 12.3. The standard InChI is InChI=1S/C18H19ClN2O3/c1-12-6-4-5-7-16(12)20-18(23)11-21(13(2)22)14-8-9-17(24-3)15(19)10-14/h4-10H,11H2,1-3H3,(H,20,23). The average molecular weight is 347 g/mol. The molecule has 24 heavy (non-hydrogen) atoms. The Morgan fingerprint density at radius 3 is 2.50 bits per heavy atom. The van der Waals surface area contributed by atoms with Crippen molar-refractivity contribution in [3.05, 3.63) is 53.1 Å². The number of ether oxygens (including phenoxy) is 1. The van der Waals surface area contributed by atoms with Crippen LogP contribution in [-0.4, -0.2) is 25.5 Å². The molecule has 6 heteroatoms. The Balaban J connectivity index is 2.17. The molecule has 0 aliphatic carbocycles. The van der Waals surface area contributed by atoms with Crippen LogP contribution >= 0.6 is 11.6 Å². The zero-order valence-corrected chi connectivity index (χ0v) is 14.6. The summed E-state index contributed by atoms with van der Waals surface area (Å²) in [6.45, 7) is 3.20. The molecule has 5 nitrogen and oxygen atoms in total. The fourth-order valence-electron chi connectivity index (χ4n) is 2.25. The number of rotatable bonds is 5. The number of hydrogen-bond donors (Lipinski definition) is 1. The summed E-state index contributed by atoms with van der Waals surface area (Å²) in [5, 5.41) is 3.19. The van der Waals surface area contributed by atoms with Crippen molar-refractivity contribution >= 4 is 34.8 Å². The molecular formula is C18H19ClN2O3. The summed E-state index contributed by atoms with van der Waals surface area (Å²) in [6.07, 6.45) is 0. The van der Waals surface area contributed by atoms with Gasteiger partial charge >= 0.3 is 0 Å². The predicted octanol–water partition coefficient (Wildman–Crippen LogP) is 3.65. The third kappa shape index (κ3) is 4.26. The number of amides is 2. The van der Waals surface area contributed by atoms with E-state index in [-0.39, 0.29) is 18.4 Å². The van der Waals surface area contributed by atoms with Gasteiger partial charge in [0.05, 0.1) is 12.1 Å². The molecule has 2 amide bonds. The van der Waals surface area contributed by atoms with Gasteiger partial charge in [-0.3, -0.25) is 9.59 Å². The van der Waals surface area contributed by atoms with Crippen LogP contribution in [0.4, 0.5) is 11.4 Å². The van der Waals surface area contributed by atoms with Crippen LogP contribution in [0.3, 0.4) is 0 Å². The average Bonchev–Trinajstić information content (AvgIpc) is 2.54. The van der Waals surface area contributed by atoms with Crippen LogP contribution in [-0.2, 0) is 9.59 Å². The van der Waals surface area contributed by atoms with Crippen molar-refractivity contribution in [3.8, 4) is 5.75 Å². The Morgan fingerprint density at radius 2 is 1.92 bits per heavy atom. The van der Waals surface area contributed by atoms with Crippen LogP contribution in [0.2, 0.25) is 5.02 Å². The Hall–Kier alpha value is -2.53. The lowest BCUT2D eigenvalue weighted by Crippen LogP contribution is -2.36. The monoisotopic (exact) mass is 346 g/mol. The minimum Gasteiger partial charge on any atom is -0.495 e. The van der Waals surface area contributed by atoms with Gasteiger partial charge in [-0.1, -0.05) is 29.8 Å². The van der Waals surface area contributed by atoms with E-state index in [4.69, 9.17) is 16.3 Å². The predicted molar refractivity (Wildman–Crippen MR) is 95.8 cm³/mol. The molecule has 0 unspecified atom stereocenters. The maximum Gasteiger partial charge on any atom is 0.244 e. The molecule has 0 spiro atoms. The molecule has 2 aromatic carbocycles. The Labute approximate surface area is 146 Å². The number of nitrogens with zero attached hydrogens (tertiary/aromatic N) is 1. The van der Waals surface area contributed by atoms with Gasteiger partial charge < -0.3 is 15.0 Å². The van der Waals surface area contributed by atoms with E-state index in [1.165, 1.54) is 18.9 Å². The van der Waals surface area contributed by atoms with Crippen LogP contribution in [0.1, 0.15) is 12.5 Å². The molecular weight excluding hydrogens is 328 g/mol. The molecule has 0 saturated heterocycles. The zero-order chi connectivity index (χ0) is 17.7. The first-order valence-electron chi connectivity index (χ1n) is 7.39. The van der Waals surface area contributed by atoms with Crippen LogP contribution in [0.5, 0.6) is 5.75 Å². The van der Waals surface area contributed by atoms with E-state index in [1.54, 1.807) is 18.2 Å². The number of hydrogen-bond acceptors (Lipinski definition) is 3. The van der Waals surface area contributed by atoms with Gasteiger partial charge in [-0.15, -0.1) is 0 Å². The summed E-state index contributed by atoms with van der Waals surface area (Å²) in [5.41, 5.74) is 2.21. The number of carbonyl (C=O) groups is 2. The van der Waals surface area contributed by atoms with E-state index in [0.29, 0.717) is 16.5 Å². The molecule has 0 aliphatic rings. The SMILES string of the molecule is COc1ccc(N(CC(=O)Nc2ccccc2C)C(C)=O)cc1Cl. The molecule has 0 heterocycles. The molecule has 0 fully saturated rings. The molecule has 0 aromatic heterocycles. The summed E-state index contributed by atoms with van der Waals surface area (Å²) < 4.78 is 5.10. The second-order valence-corrected chi connectivity index (χ2v) is 5.69. The lowest BCUT2D eigenvalue weighted by Gasteiger charge is -2.21. The van der Waals surface area contributed by atoms with E-state index >= 15 is 0 Å². The topological polar surface area (TPSA) is 58.6 Å². The first-order valence-corrected chi connectivity index (χ1v) is 7.77. The first-order chi connectivity index (χ1) is 11.4. The third-order valence-corrected chi connectivity index (χ3v) is 3.84. The minimum absolute atomic E-state index is 0.105. The summed E-state index contributed by atoms with van der Waals surface area (Å²) in [7, 11) is 1.51. The zero-order valence-electron chi connectivity index (χ0n) is 13.8. The van der Waals surface area contributed by atoms with Gasteiger partial charge in [0.15, 0.2) is 0 Å². The van der Waals surface area contributed by atoms with E-state index in [1.807, 2.05) is 31.2 Å². The molecule has 2 rings (SSSR count). The molecule has 0 radical (unpaired) electrons. The Bertz CT molecular complexity index is 762. The fraction of sp³-hybridized carbons (Fsp3) is 0.222. The Morgan fingerprint density at radius 1 is 1.21 bits per heavy atom. The van der Waals surface area contributed by atoms with Gasteiger partial charge in [0.2, 0.25) is 11.8 Å². The number of anilines is 2. The van der Waals surface area contributed by atoms with Gasteiger partial charge in [0.1, 0.15) is 12.3 Å². The van der Waals surface area contributed by atoms with Crippen LogP contribution in [0, 0.1) is 6.92 Å². The molecule has 2 aromatic rings. The number of para-hydroxylation sites is 1. The van der Waals surface area contributed by atoms with Crippen molar-refractivity contribution < 1.29 is 14.3 Å². The van der Waals surface area contributed by atoms with Crippen molar-refractivity contribution in [1.82, 2.24) is 0 Å². The van der Waals surface area contributed by atoms with Crippen molar-refractivity contribution in [3.63, 3.8) is 0 Å². The van der Waals surface area contributed by atoms with Gasteiger partial charge in [0.25, 0.3) is 0 Å². The molecule has 1 N–H and O–H groups in total. The smallest absolute Gasteiger partial charge is 0.244 e. The van der Waals surface area contributed by atoms with Crippen LogP contribution in [0.25, 0.3) is 0 Å². The first kappa shape index (κ1) is 17.8. The third-order valence-electron chi connectivity index (χ3n) is 3.55. The second-order valence-electron chi connectivity index (χ2n) is 5.29. The van der Waals surface area contributed by atoms with Crippen molar-refractivity contribution in [2.45, 2.75) is 13.8 Å². The Kier molecular flexibility index (Phi) is 5.82. The van der Waals surface area contributed by atoms with Crippen molar-refractivity contribution in [2.24, 2.45) is 0 Å². The van der Waals surface area contributed by atoms with E-state index in [0.717, 1.165) is 11.3 Å². The van der Waals surface area contributed by atoms with Gasteiger partial charge in [0, 0.05) is 18.3 Å². The van der Waals surface area contributed by atoms with E-state index in [2.05, 4.69) is 5.32 Å². The normalized spacial score (nSPS) is 10.2. The van der Waals surface area contributed by atoms with Crippen LogP contribution in [0.15, 0.2) is 42.5 Å². The summed E-state index contributed by atoms with van der Waals surface area (Å²) in [4.78, 5) is 25.6. The lowest BCUT2D eigenvalue weighted by molar-refractivity contribution is -0.120. The summed E-state index contributed by atoms with van der Waals surface area (Å²) in [6, 6.07) is 12.4. The van der Waals surface area contributed by atoms with Crippen LogP contribution < -0.4 is 15.0 Å². The summed E-state index contributed by atoms with van der Waals surface area (Å²) in [5.74, 6) is -0.0316. The number of halogens is 1. The highest BCUT2D eigenvalue weighted by atomic mass is 35.5. The molecule has 0 saturated carbocycles.